The molecule has 0 spiro atoms. The van der Waals surface area contributed by atoms with Crippen molar-refractivity contribution < 1.29 is 13.6 Å². The minimum absolute atomic E-state index is 0.00831. The van der Waals surface area contributed by atoms with Crippen LogP contribution in [-0.4, -0.2) is 30.4 Å². The molecule has 3 rings (SSSR count). The van der Waals surface area contributed by atoms with E-state index in [1.807, 2.05) is 31.2 Å². The molecule has 0 aliphatic carbocycles. The van der Waals surface area contributed by atoms with Crippen LogP contribution in [0.25, 0.3) is 0 Å². The van der Waals surface area contributed by atoms with E-state index in [1.165, 1.54) is 18.2 Å². The van der Waals surface area contributed by atoms with Gasteiger partial charge in [-0.05, 0) is 36.7 Å². The topological polar surface area (TPSA) is 23.6 Å². The number of rotatable bonds is 5. The van der Waals surface area contributed by atoms with Gasteiger partial charge in [0.15, 0.2) is 0 Å². The second-order valence-electron chi connectivity index (χ2n) is 5.93. The molecule has 2 aromatic rings. The van der Waals surface area contributed by atoms with Crippen LogP contribution in [0.2, 0.25) is 0 Å². The standard InChI is InChI=1S/C19H20F2N2O/c1-2-22(12-15-16(20)7-5-8-17(15)21)13-19(24)23-11-10-14-6-3-4-9-18(14)23/h3-9H,2,10-13H2,1H3. The highest BCUT2D eigenvalue weighted by atomic mass is 19.1. The number of carbonyl (C=O) groups is 1. The molecule has 1 aliphatic heterocycles. The van der Waals surface area contributed by atoms with E-state index in [-0.39, 0.29) is 24.6 Å². The zero-order valence-corrected chi connectivity index (χ0v) is 13.6. The minimum atomic E-state index is -0.576. The molecule has 0 saturated carbocycles. The lowest BCUT2D eigenvalue weighted by Gasteiger charge is -2.24. The van der Waals surface area contributed by atoms with Crippen LogP contribution in [0.1, 0.15) is 18.1 Å². The predicted molar refractivity (Wildman–Crippen MR) is 89.8 cm³/mol. The van der Waals surface area contributed by atoms with Crippen molar-refractivity contribution in [2.24, 2.45) is 0 Å². The highest BCUT2D eigenvalue weighted by Crippen LogP contribution is 2.27. The van der Waals surface area contributed by atoms with Crippen LogP contribution >= 0.6 is 0 Å². The van der Waals surface area contributed by atoms with Crippen LogP contribution in [0.4, 0.5) is 14.5 Å². The van der Waals surface area contributed by atoms with Gasteiger partial charge in [0.2, 0.25) is 5.91 Å². The Hall–Kier alpha value is -2.27. The first-order valence-corrected chi connectivity index (χ1v) is 8.13. The minimum Gasteiger partial charge on any atom is -0.311 e. The molecule has 1 amide bonds. The highest BCUT2D eigenvalue weighted by molar-refractivity contribution is 5.96. The fraction of sp³-hybridized carbons (Fsp3) is 0.316. The lowest BCUT2D eigenvalue weighted by molar-refractivity contribution is -0.119. The average Bonchev–Trinajstić information content (AvgIpc) is 3.01. The van der Waals surface area contributed by atoms with Gasteiger partial charge in [0.1, 0.15) is 11.6 Å². The summed E-state index contributed by atoms with van der Waals surface area (Å²) in [4.78, 5) is 16.1. The summed E-state index contributed by atoms with van der Waals surface area (Å²) in [5.74, 6) is -1.20. The fourth-order valence-corrected chi connectivity index (χ4v) is 3.06. The van der Waals surface area contributed by atoms with Gasteiger partial charge in [-0.15, -0.1) is 0 Å². The van der Waals surface area contributed by atoms with Crippen molar-refractivity contribution in [2.75, 3.05) is 24.5 Å². The second kappa shape index (κ2) is 7.09. The van der Waals surface area contributed by atoms with E-state index < -0.39 is 11.6 Å². The summed E-state index contributed by atoms with van der Waals surface area (Å²) in [5, 5.41) is 0. The van der Waals surface area contributed by atoms with Crippen molar-refractivity contribution in [2.45, 2.75) is 19.9 Å². The van der Waals surface area contributed by atoms with Crippen LogP contribution in [0.3, 0.4) is 0 Å². The number of likely N-dealkylation sites (N-methyl/N-ethyl adjacent to an activating group) is 1. The van der Waals surface area contributed by atoms with Gasteiger partial charge >= 0.3 is 0 Å². The van der Waals surface area contributed by atoms with Gasteiger partial charge in [0, 0.05) is 24.3 Å². The number of benzene rings is 2. The van der Waals surface area contributed by atoms with Crippen molar-refractivity contribution in [1.82, 2.24) is 4.90 Å². The number of hydrogen-bond acceptors (Lipinski definition) is 2. The summed E-state index contributed by atoms with van der Waals surface area (Å²) in [6.45, 7) is 3.29. The highest BCUT2D eigenvalue weighted by Gasteiger charge is 2.25. The number of amides is 1. The molecule has 0 aromatic heterocycles. The van der Waals surface area contributed by atoms with E-state index in [2.05, 4.69) is 0 Å². The van der Waals surface area contributed by atoms with E-state index in [1.54, 1.807) is 9.80 Å². The number of carbonyl (C=O) groups excluding carboxylic acids is 1. The number of halogens is 2. The predicted octanol–water partition coefficient (Wildman–Crippen LogP) is 3.38. The quantitative estimate of drug-likeness (QED) is 0.839. The third kappa shape index (κ3) is 3.31. The summed E-state index contributed by atoms with van der Waals surface area (Å²) in [5.41, 5.74) is 2.11. The zero-order chi connectivity index (χ0) is 17.1. The SMILES string of the molecule is CCN(CC(=O)N1CCc2ccccc21)Cc1c(F)cccc1F. The number of hydrogen-bond donors (Lipinski definition) is 0. The average molecular weight is 330 g/mol. The maximum absolute atomic E-state index is 13.8. The molecule has 0 N–H and O–H groups in total. The molecule has 0 fully saturated rings. The Labute approximate surface area is 140 Å². The Bertz CT molecular complexity index is 728. The molecule has 5 heteroatoms. The van der Waals surface area contributed by atoms with Gasteiger partial charge in [-0.3, -0.25) is 9.69 Å². The third-order valence-electron chi connectivity index (χ3n) is 4.44. The molecule has 0 radical (unpaired) electrons. The Morgan fingerprint density at radius 2 is 1.83 bits per heavy atom. The Kier molecular flexibility index (Phi) is 4.90. The van der Waals surface area contributed by atoms with Gasteiger partial charge < -0.3 is 4.90 Å². The van der Waals surface area contributed by atoms with Gasteiger partial charge in [-0.25, -0.2) is 8.78 Å². The number of anilines is 1. The van der Waals surface area contributed by atoms with E-state index >= 15 is 0 Å². The normalized spacial score (nSPS) is 13.4. The molecule has 24 heavy (non-hydrogen) atoms. The van der Waals surface area contributed by atoms with Gasteiger partial charge in [-0.1, -0.05) is 31.2 Å². The van der Waals surface area contributed by atoms with E-state index in [4.69, 9.17) is 0 Å². The Balaban J connectivity index is 1.71. The molecular weight excluding hydrogens is 310 g/mol. The van der Waals surface area contributed by atoms with E-state index in [9.17, 15) is 13.6 Å². The summed E-state index contributed by atoms with van der Waals surface area (Å²) in [6.07, 6.45) is 0.843. The van der Waals surface area contributed by atoms with Gasteiger partial charge in [-0.2, -0.15) is 0 Å². The number of para-hydroxylation sites is 1. The molecule has 0 bridgehead atoms. The van der Waals surface area contributed by atoms with Crippen LogP contribution in [0, 0.1) is 11.6 Å². The lowest BCUT2D eigenvalue weighted by Crippen LogP contribution is -2.39. The Morgan fingerprint density at radius 3 is 2.54 bits per heavy atom. The molecule has 126 valence electrons. The summed E-state index contributed by atoms with van der Waals surface area (Å²) < 4.78 is 27.6. The smallest absolute Gasteiger partial charge is 0.241 e. The van der Waals surface area contributed by atoms with Crippen molar-refractivity contribution in [3.63, 3.8) is 0 Å². The van der Waals surface area contributed by atoms with Crippen LogP contribution in [0.5, 0.6) is 0 Å². The largest absolute Gasteiger partial charge is 0.311 e. The van der Waals surface area contributed by atoms with Crippen molar-refractivity contribution >= 4 is 11.6 Å². The van der Waals surface area contributed by atoms with Crippen molar-refractivity contribution in [3.8, 4) is 0 Å². The maximum Gasteiger partial charge on any atom is 0.241 e. The summed E-state index contributed by atoms with van der Waals surface area (Å²) in [6, 6.07) is 11.7. The van der Waals surface area contributed by atoms with Gasteiger partial charge in [0.05, 0.1) is 6.54 Å². The van der Waals surface area contributed by atoms with Crippen molar-refractivity contribution in [1.29, 1.82) is 0 Å². The molecule has 0 atom stereocenters. The number of nitrogens with zero attached hydrogens (tertiary/aromatic N) is 2. The molecule has 1 heterocycles. The zero-order valence-electron chi connectivity index (χ0n) is 13.6. The Morgan fingerprint density at radius 1 is 1.12 bits per heavy atom. The van der Waals surface area contributed by atoms with Crippen LogP contribution in [-0.2, 0) is 17.8 Å². The maximum atomic E-state index is 13.8. The summed E-state index contributed by atoms with van der Waals surface area (Å²) in [7, 11) is 0. The van der Waals surface area contributed by atoms with Crippen LogP contribution in [0.15, 0.2) is 42.5 Å². The molecule has 1 aliphatic rings. The third-order valence-corrected chi connectivity index (χ3v) is 4.44. The van der Waals surface area contributed by atoms with E-state index in [0.29, 0.717) is 13.1 Å². The molecule has 0 unspecified atom stereocenters. The molecule has 2 aromatic carbocycles. The number of fused-ring (bicyclic) bond motifs is 1. The second-order valence-corrected chi connectivity index (χ2v) is 5.93. The first-order valence-electron chi connectivity index (χ1n) is 8.13. The molecule has 3 nitrogen and oxygen atoms in total. The molecular formula is C19H20F2N2O. The monoisotopic (exact) mass is 330 g/mol. The fourth-order valence-electron chi connectivity index (χ4n) is 3.06. The summed E-state index contributed by atoms with van der Waals surface area (Å²) >= 11 is 0. The van der Waals surface area contributed by atoms with E-state index in [0.717, 1.165) is 17.7 Å². The first-order chi connectivity index (χ1) is 11.6. The molecule has 0 saturated heterocycles. The van der Waals surface area contributed by atoms with Crippen LogP contribution < -0.4 is 4.90 Å². The van der Waals surface area contributed by atoms with Gasteiger partial charge in [0.25, 0.3) is 0 Å². The first kappa shape index (κ1) is 16.6. The lowest BCUT2D eigenvalue weighted by atomic mass is 10.1. The van der Waals surface area contributed by atoms with Crippen molar-refractivity contribution in [3.05, 3.63) is 65.2 Å².